The standard InChI is InChI=1S/C22H26FN3O3S/c1-18(20-7-9-21(23)10-8-20)24-22(27)17-25-12-14-26(15-13-25)30(28,29)16-11-19-5-3-2-4-6-19/h2-11,16,18H,12-15,17H2,1H3,(H,24,27)/b16-11+. The Bertz CT molecular complexity index is 970. The fraction of sp³-hybridized carbons (Fsp3) is 0.318. The summed E-state index contributed by atoms with van der Waals surface area (Å²) >= 11 is 0. The fourth-order valence-corrected chi connectivity index (χ4v) is 4.46. The third kappa shape index (κ3) is 6.22. The van der Waals surface area contributed by atoms with E-state index in [2.05, 4.69) is 5.32 Å². The number of benzene rings is 2. The molecule has 1 heterocycles. The molecule has 0 spiro atoms. The van der Waals surface area contributed by atoms with Gasteiger partial charge < -0.3 is 5.32 Å². The molecule has 1 unspecified atom stereocenters. The van der Waals surface area contributed by atoms with E-state index < -0.39 is 10.0 Å². The zero-order valence-corrected chi connectivity index (χ0v) is 17.7. The van der Waals surface area contributed by atoms with Crippen molar-refractivity contribution in [2.75, 3.05) is 32.7 Å². The largest absolute Gasteiger partial charge is 0.348 e. The first kappa shape index (κ1) is 22.1. The number of amides is 1. The Labute approximate surface area is 177 Å². The first-order chi connectivity index (χ1) is 14.3. The van der Waals surface area contributed by atoms with Crippen LogP contribution in [-0.2, 0) is 14.8 Å². The van der Waals surface area contributed by atoms with Crippen LogP contribution in [0.5, 0.6) is 0 Å². The van der Waals surface area contributed by atoms with Gasteiger partial charge in [0.25, 0.3) is 0 Å². The monoisotopic (exact) mass is 431 g/mol. The third-order valence-electron chi connectivity index (χ3n) is 5.04. The first-order valence-corrected chi connectivity index (χ1v) is 11.3. The van der Waals surface area contributed by atoms with Gasteiger partial charge in [0, 0.05) is 31.6 Å². The van der Waals surface area contributed by atoms with E-state index in [0.29, 0.717) is 26.2 Å². The summed E-state index contributed by atoms with van der Waals surface area (Å²) < 4.78 is 39.5. The van der Waals surface area contributed by atoms with Crippen LogP contribution >= 0.6 is 0 Å². The smallest absolute Gasteiger partial charge is 0.236 e. The maximum absolute atomic E-state index is 13.0. The van der Waals surface area contributed by atoms with E-state index in [-0.39, 0.29) is 24.3 Å². The van der Waals surface area contributed by atoms with Crippen LogP contribution in [0.1, 0.15) is 24.1 Å². The highest BCUT2D eigenvalue weighted by Gasteiger charge is 2.26. The molecule has 3 rings (SSSR count). The molecular weight excluding hydrogens is 405 g/mol. The lowest BCUT2D eigenvalue weighted by Gasteiger charge is -2.33. The Morgan fingerprint density at radius 1 is 1.07 bits per heavy atom. The minimum absolute atomic E-state index is 0.146. The van der Waals surface area contributed by atoms with Crippen molar-refractivity contribution in [2.45, 2.75) is 13.0 Å². The SMILES string of the molecule is CC(NC(=O)CN1CCN(S(=O)(=O)/C=C/c2ccccc2)CC1)c1ccc(F)cc1. The van der Waals surface area contributed by atoms with Crippen LogP contribution in [0.4, 0.5) is 4.39 Å². The molecule has 2 aromatic carbocycles. The molecule has 0 saturated carbocycles. The number of nitrogens with zero attached hydrogens (tertiary/aromatic N) is 2. The number of hydrogen-bond acceptors (Lipinski definition) is 4. The van der Waals surface area contributed by atoms with Crippen LogP contribution in [0.3, 0.4) is 0 Å². The average molecular weight is 432 g/mol. The zero-order valence-electron chi connectivity index (χ0n) is 16.9. The lowest BCUT2D eigenvalue weighted by molar-refractivity contribution is -0.123. The predicted octanol–water partition coefficient (Wildman–Crippen LogP) is 2.62. The van der Waals surface area contributed by atoms with E-state index in [0.717, 1.165) is 11.1 Å². The van der Waals surface area contributed by atoms with Crippen LogP contribution < -0.4 is 5.32 Å². The molecule has 6 nitrogen and oxygen atoms in total. The van der Waals surface area contributed by atoms with E-state index in [1.54, 1.807) is 18.2 Å². The minimum Gasteiger partial charge on any atom is -0.348 e. The number of piperazine rings is 1. The molecule has 1 aliphatic heterocycles. The number of sulfonamides is 1. The lowest BCUT2D eigenvalue weighted by Crippen LogP contribution is -2.50. The zero-order chi connectivity index (χ0) is 21.6. The van der Waals surface area contributed by atoms with Gasteiger partial charge in [-0.3, -0.25) is 9.69 Å². The van der Waals surface area contributed by atoms with Crippen LogP contribution in [0.25, 0.3) is 6.08 Å². The van der Waals surface area contributed by atoms with Crippen molar-refractivity contribution in [3.8, 4) is 0 Å². The van der Waals surface area contributed by atoms with Gasteiger partial charge in [0.1, 0.15) is 5.82 Å². The van der Waals surface area contributed by atoms with Gasteiger partial charge in [0.05, 0.1) is 12.6 Å². The van der Waals surface area contributed by atoms with Crippen LogP contribution in [0.15, 0.2) is 60.0 Å². The minimum atomic E-state index is -3.50. The van der Waals surface area contributed by atoms with Crippen molar-refractivity contribution >= 4 is 22.0 Å². The molecule has 1 saturated heterocycles. The van der Waals surface area contributed by atoms with Crippen molar-refractivity contribution in [3.05, 3.63) is 76.9 Å². The van der Waals surface area contributed by atoms with E-state index in [1.807, 2.05) is 42.2 Å². The van der Waals surface area contributed by atoms with Crippen molar-refractivity contribution in [3.63, 3.8) is 0 Å². The van der Waals surface area contributed by atoms with Gasteiger partial charge in [-0.2, -0.15) is 4.31 Å². The Kier molecular flexibility index (Phi) is 7.36. The maximum Gasteiger partial charge on any atom is 0.236 e. The molecule has 1 N–H and O–H groups in total. The number of nitrogens with one attached hydrogen (secondary N) is 1. The van der Waals surface area contributed by atoms with Crippen molar-refractivity contribution < 1.29 is 17.6 Å². The summed E-state index contributed by atoms with van der Waals surface area (Å²) in [6, 6.07) is 15.1. The van der Waals surface area contributed by atoms with Crippen molar-refractivity contribution in [1.29, 1.82) is 0 Å². The maximum atomic E-state index is 13.0. The summed E-state index contributed by atoms with van der Waals surface area (Å²) in [7, 11) is -3.50. The van der Waals surface area contributed by atoms with Gasteiger partial charge in [-0.25, -0.2) is 12.8 Å². The Morgan fingerprint density at radius 2 is 1.70 bits per heavy atom. The lowest BCUT2D eigenvalue weighted by atomic mass is 10.1. The summed E-state index contributed by atoms with van der Waals surface area (Å²) in [5, 5.41) is 4.13. The second kappa shape index (κ2) is 9.97. The van der Waals surface area contributed by atoms with Gasteiger partial charge in [0.2, 0.25) is 15.9 Å². The molecule has 30 heavy (non-hydrogen) atoms. The fourth-order valence-electron chi connectivity index (χ4n) is 3.28. The van der Waals surface area contributed by atoms with E-state index in [1.165, 1.54) is 21.8 Å². The van der Waals surface area contributed by atoms with Crippen LogP contribution in [-0.4, -0.2) is 56.3 Å². The highest BCUT2D eigenvalue weighted by molar-refractivity contribution is 7.92. The summed E-state index contributed by atoms with van der Waals surface area (Å²) in [5.74, 6) is -0.462. The van der Waals surface area contributed by atoms with Crippen molar-refractivity contribution in [1.82, 2.24) is 14.5 Å². The molecule has 0 aliphatic carbocycles. The number of rotatable bonds is 7. The molecule has 8 heteroatoms. The van der Waals surface area contributed by atoms with Gasteiger partial charge in [-0.05, 0) is 36.3 Å². The third-order valence-corrected chi connectivity index (χ3v) is 6.60. The van der Waals surface area contributed by atoms with Crippen molar-refractivity contribution in [2.24, 2.45) is 0 Å². The first-order valence-electron chi connectivity index (χ1n) is 9.84. The van der Waals surface area contributed by atoms with E-state index >= 15 is 0 Å². The van der Waals surface area contributed by atoms with E-state index in [9.17, 15) is 17.6 Å². The molecule has 1 atom stereocenters. The highest BCUT2D eigenvalue weighted by atomic mass is 32.2. The number of halogens is 1. The summed E-state index contributed by atoms with van der Waals surface area (Å²) in [6.45, 7) is 3.67. The van der Waals surface area contributed by atoms with Gasteiger partial charge in [0.15, 0.2) is 0 Å². The molecule has 2 aromatic rings. The molecule has 0 bridgehead atoms. The Hall–Kier alpha value is -2.55. The molecule has 0 aromatic heterocycles. The Morgan fingerprint density at radius 3 is 2.33 bits per heavy atom. The molecule has 1 amide bonds. The number of hydrogen-bond donors (Lipinski definition) is 1. The van der Waals surface area contributed by atoms with Gasteiger partial charge >= 0.3 is 0 Å². The molecular formula is C22H26FN3O3S. The average Bonchev–Trinajstić information content (AvgIpc) is 2.74. The van der Waals surface area contributed by atoms with Crippen LogP contribution in [0.2, 0.25) is 0 Å². The number of carbonyl (C=O) groups excluding carboxylic acids is 1. The van der Waals surface area contributed by atoms with Gasteiger partial charge in [-0.1, -0.05) is 42.5 Å². The second-order valence-electron chi connectivity index (χ2n) is 7.27. The topological polar surface area (TPSA) is 69.7 Å². The molecule has 160 valence electrons. The van der Waals surface area contributed by atoms with E-state index in [4.69, 9.17) is 0 Å². The highest BCUT2D eigenvalue weighted by Crippen LogP contribution is 2.14. The molecule has 0 radical (unpaired) electrons. The molecule has 1 fully saturated rings. The summed E-state index contributed by atoms with van der Waals surface area (Å²) in [4.78, 5) is 14.3. The van der Waals surface area contributed by atoms with Gasteiger partial charge in [-0.15, -0.1) is 0 Å². The summed E-state index contributed by atoms with van der Waals surface area (Å²) in [6.07, 6.45) is 1.59. The predicted molar refractivity (Wildman–Crippen MR) is 115 cm³/mol. The normalized spacial score (nSPS) is 17.1. The Balaban J connectivity index is 1.47. The quantitative estimate of drug-likeness (QED) is 0.732. The number of carbonyl (C=O) groups is 1. The second-order valence-corrected chi connectivity index (χ2v) is 9.09. The van der Waals surface area contributed by atoms with Crippen LogP contribution in [0, 0.1) is 5.82 Å². The molecule has 1 aliphatic rings. The summed E-state index contributed by atoms with van der Waals surface area (Å²) in [5.41, 5.74) is 1.65.